The molecule has 4 aromatic carbocycles. The normalized spacial score (nSPS) is 18.2. The average molecular weight is 1120 g/mol. The van der Waals surface area contributed by atoms with Crippen molar-refractivity contribution in [1.29, 1.82) is 0 Å². The molecule has 0 radical (unpaired) electrons. The molecule has 12 heteroatoms. The Bertz CT molecular complexity index is 2200. The zero-order valence-electron chi connectivity index (χ0n) is 49.9. The van der Waals surface area contributed by atoms with Gasteiger partial charge in [-0.05, 0) is 35.1 Å². The number of carbonyl (C=O) groups is 3. The van der Waals surface area contributed by atoms with Crippen molar-refractivity contribution in [2.45, 2.75) is 257 Å². The maximum Gasteiger partial charge on any atom is 0.339 e. The van der Waals surface area contributed by atoms with Crippen LogP contribution in [0.1, 0.15) is 204 Å². The number of hydrogen-bond acceptors (Lipinski definition) is 11. The zero-order valence-corrected chi connectivity index (χ0v) is 49.9. The van der Waals surface area contributed by atoms with Gasteiger partial charge in [0, 0.05) is 6.92 Å². The predicted octanol–water partition coefficient (Wildman–Crippen LogP) is 15.5. The van der Waals surface area contributed by atoms with Crippen LogP contribution in [0.2, 0.25) is 0 Å². The third kappa shape index (κ3) is 27.3. The first-order valence-electron chi connectivity index (χ1n) is 31.2. The Balaban J connectivity index is 1.43. The Morgan fingerprint density at radius 1 is 0.469 bits per heavy atom. The van der Waals surface area contributed by atoms with E-state index in [1.165, 1.54) is 123 Å². The Morgan fingerprint density at radius 2 is 0.864 bits per heavy atom. The van der Waals surface area contributed by atoms with Crippen LogP contribution >= 0.6 is 0 Å². The highest BCUT2D eigenvalue weighted by Gasteiger charge is 2.53. The summed E-state index contributed by atoms with van der Waals surface area (Å²) in [6.07, 6.45) is 21.6. The highest BCUT2D eigenvalue weighted by molar-refractivity contribution is 5.81. The molecule has 4 aromatic rings. The van der Waals surface area contributed by atoms with Crippen LogP contribution in [-0.2, 0) is 78.7 Å². The predicted molar refractivity (Wildman–Crippen MR) is 321 cm³/mol. The van der Waals surface area contributed by atoms with Gasteiger partial charge in [0.1, 0.15) is 18.3 Å². The van der Waals surface area contributed by atoms with Gasteiger partial charge in [0.15, 0.2) is 18.5 Å². The number of rotatable bonds is 45. The largest absolute Gasteiger partial charge is 0.467 e. The fraction of sp³-hybridized carbons (Fsp3) is 0.609. The molecule has 5 rings (SSSR count). The summed E-state index contributed by atoms with van der Waals surface area (Å²) in [5.74, 6) is -1.66. The maximum absolute atomic E-state index is 15.1. The van der Waals surface area contributed by atoms with Gasteiger partial charge in [-0.3, -0.25) is 9.59 Å². The third-order valence-corrected chi connectivity index (χ3v) is 15.3. The lowest BCUT2D eigenvalue weighted by atomic mass is 9.97. The van der Waals surface area contributed by atoms with Crippen LogP contribution in [0, 0.1) is 0 Å². The number of benzene rings is 4. The summed E-state index contributed by atoms with van der Waals surface area (Å²) in [7, 11) is 1.26. The Labute approximate surface area is 487 Å². The minimum Gasteiger partial charge on any atom is -0.467 e. The molecule has 0 aliphatic carbocycles. The summed E-state index contributed by atoms with van der Waals surface area (Å²) in [6.45, 7) is 6.52. The van der Waals surface area contributed by atoms with E-state index in [1.54, 1.807) is 0 Å². The fourth-order valence-electron chi connectivity index (χ4n) is 10.6. The Morgan fingerprint density at radius 3 is 1.30 bits per heavy atom. The molecule has 81 heavy (non-hydrogen) atoms. The molecule has 1 N–H and O–H groups in total. The van der Waals surface area contributed by atoms with Crippen molar-refractivity contribution in [2.24, 2.45) is 0 Å². The second kappa shape index (κ2) is 41.9. The number of methoxy groups -OCH3 is 1. The van der Waals surface area contributed by atoms with E-state index in [1.807, 2.05) is 121 Å². The van der Waals surface area contributed by atoms with Gasteiger partial charge in [-0.1, -0.05) is 283 Å². The summed E-state index contributed by atoms with van der Waals surface area (Å²) in [4.78, 5) is 41.7. The van der Waals surface area contributed by atoms with Gasteiger partial charge >= 0.3 is 11.9 Å². The second-order valence-electron chi connectivity index (χ2n) is 22.1. The van der Waals surface area contributed by atoms with Gasteiger partial charge in [-0.15, -0.1) is 0 Å². The molecule has 0 saturated carbocycles. The molecule has 1 aliphatic rings. The number of hydrogen-bond donors (Lipinski definition) is 1. The molecule has 1 fully saturated rings. The minimum atomic E-state index is -1.44. The van der Waals surface area contributed by atoms with Crippen molar-refractivity contribution in [3.63, 3.8) is 0 Å². The molecule has 448 valence electrons. The molecule has 12 nitrogen and oxygen atoms in total. The van der Waals surface area contributed by atoms with Crippen molar-refractivity contribution in [1.82, 2.24) is 5.32 Å². The van der Waals surface area contributed by atoms with Gasteiger partial charge in [-0.25, -0.2) is 4.79 Å². The SMILES string of the molecule is CCCCCCCCCCCCCCC[C@@H](OCc1ccccc1)[C@H](CO[C@H]1O[C@H](C(=O)OC)[C@H](OC(C)=O)[C@H](OCc2ccccc2)[C@H]1OCc1ccccc1)NC(=O)[C@H](CCCCCCCCCCCC)OCc1ccccc1. The third-order valence-electron chi connectivity index (χ3n) is 15.3. The molecule has 0 unspecified atom stereocenters. The first-order chi connectivity index (χ1) is 39.8. The molecule has 1 heterocycles. The van der Waals surface area contributed by atoms with Gasteiger partial charge in [-0.2, -0.15) is 0 Å². The molecule has 0 aromatic heterocycles. The zero-order chi connectivity index (χ0) is 57.4. The Hall–Kier alpha value is -4.95. The number of amides is 1. The Kier molecular flexibility index (Phi) is 34.6. The smallest absolute Gasteiger partial charge is 0.339 e. The van der Waals surface area contributed by atoms with E-state index in [4.69, 9.17) is 37.9 Å². The van der Waals surface area contributed by atoms with E-state index in [0.29, 0.717) is 19.4 Å². The number of unbranched alkanes of at least 4 members (excludes halogenated alkanes) is 21. The van der Waals surface area contributed by atoms with Crippen molar-refractivity contribution in [3.05, 3.63) is 144 Å². The summed E-state index contributed by atoms with van der Waals surface area (Å²) in [6, 6.07) is 38.6. The van der Waals surface area contributed by atoms with Gasteiger partial charge in [0.05, 0.1) is 52.3 Å². The van der Waals surface area contributed by atoms with E-state index in [2.05, 4.69) is 19.2 Å². The summed E-state index contributed by atoms with van der Waals surface area (Å²) < 4.78 is 51.6. The molecule has 0 spiro atoms. The van der Waals surface area contributed by atoms with Crippen LogP contribution in [0.5, 0.6) is 0 Å². The summed E-state index contributed by atoms with van der Waals surface area (Å²) in [5, 5.41) is 3.42. The van der Waals surface area contributed by atoms with Crippen molar-refractivity contribution < 1.29 is 52.3 Å². The molecule has 1 amide bonds. The lowest BCUT2D eigenvalue weighted by Gasteiger charge is -2.44. The van der Waals surface area contributed by atoms with Crippen LogP contribution in [-0.4, -0.2) is 80.5 Å². The molecule has 1 aliphatic heterocycles. The van der Waals surface area contributed by atoms with Gasteiger partial charge in [0.25, 0.3) is 0 Å². The molecule has 8 atom stereocenters. The first kappa shape index (κ1) is 66.8. The lowest BCUT2D eigenvalue weighted by molar-refractivity contribution is -0.316. The molecular weight excluding hydrogens is 1020 g/mol. The number of ether oxygens (including phenoxy) is 8. The van der Waals surface area contributed by atoms with Crippen LogP contribution < -0.4 is 5.32 Å². The highest BCUT2D eigenvalue weighted by Crippen LogP contribution is 2.32. The monoisotopic (exact) mass is 1120 g/mol. The van der Waals surface area contributed by atoms with Crippen molar-refractivity contribution >= 4 is 17.8 Å². The van der Waals surface area contributed by atoms with E-state index in [9.17, 15) is 9.59 Å². The van der Waals surface area contributed by atoms with Crippen LogP contribution in [0.3, 0.4) is 0 Å². The highest BCUT2D eigenvalue weighted by atomic mass is 16.7. The van der Waals surface area contributed by atoms with Crippen LogP contribution in [0.25, 0.3) is 0 Å². The molecular formula is C69H101NO11. The number of carbonyl (C=O) groups excluding carboxylic acids is 3. The number of esters is 2. The van der Waals surface area contributed by atoms with E-state index >= 15 is 4.79 Å². The van der Waals surface area contributed by atoms with Gasteiger partial charge < -0.3 is 43.2 Å². The topological polar surface area (TPSA) is 137 Å². The van der Waals surface area contributed by atoms with E-state index in [-0.39, 0.29) is 32.3 Å². The van der Waals surface area contributed by atoms with E-state index < -0.39 is 60.9 Å². The molecule has 0 bridgehead atoms. The molecule has 1 saturated heterocycles. The van der Waals surface area contributed by atoms with Crippen molar-refractivity contribution in [3.8, 4) is 0 Å². The van der Waals surface area contributed by atoms with Gasteiger partial charge in [0.2, 0.25) is 5.91 Å². The summed E-state index contributed by atoms with van der Waals surface area (Å²) >= 11 is 0. The lowest BCUT2D eigenvalue weighted by Crippen LogP contribution is -2.63. The van der Waals surface area contributed by atoms with Crippen LogP contribution in [0.15, 0.2) is 121 Å². The second-order valence-corrected chi connectivity index (χ2v) is 22.1. The fourth-order valence-corrected chi connectivity index (χ4v) is 10.6. The minimum absolute atomic E-state index is 0.0965. The average Bonchev–Trinajstić information content (AvgIpc) is 3.62. The van der Waals surface area contributed by atoms with E-state index in [0.717, 1.165) is 60.8 Å². The number of nitrogens with one attached hydrogen (secondary N) is 1. The van der Waals surface area contributed by atoms with Crippen molar-refractivity contribution in [2.75, 3.05) is 13.7 Å². The standard InChI is InChI=1S/C69H101NO11/c1-5-7-9-11-13-15-17-18-19-21-22-24-38-48-61(75-50-56-40-30-26-31-41-56)60(70-67(72)62(76-51-57-42-32-27-33-43-57)49-39-25-23-20-16-14-12-10-8-6-2)54-79-69-66(78-53-59-46-36-29-37-47-59)63(77-52-58-44-34-28-35-45-58)64(80-55(3)71)65(81-69)68(73)74-4/h26-37,40-47,60-66,69H,5-25,38-39,48-54H2,1-4H3,(H,70,72)/t60-,61+,62-,63-,64+,65-,66+,69-/m0/s1. The quantitative estimate of drug-likeness (QED) is 0.0334. The maximum atomic E-state index is 15.1. The van der Waals surface area contributed by atoms with Crippen LogP contribution in [0.4, 0.5) is 0 Å². The summed E-state index contributed by atoms with van der Waals surface area (Å²) in [5.41, 5.74) is 3.72. The first-order valence-corrected chi connectivity index (χ1v) is 31.2.